The summed E-state index contributed by atoms with van der Waals surface area (Å²) in [6.45, 7) is 2.76. The Balaban J connectivity index is 1.73. The van der Waals surface area contributed by atoms with Gasteiger partial charge in [-0.3, -0.25) is 10.1 Å². The van der Waals surface area contributed by atoms with Crippen molar-refractivity contribution >= 4 is 11.5 Å². The summed E-state index contributed by atoms with van der Waals surface area (Å²) in [5.41, 5.74) is 0.565. The second-order valence-corrected chi connectivity index (χ2v) is 4.70. The van der Waals surface area contributed by atoms with Crippen molar-refractivity contribution in [3.8, 4) is 5.75 Å². The molecule has 0 bridgehead atoms. The lowest BCUT2D eigenvalue weighted by molar-refractivity contribution is -0.385. The zero-order valence-corrected chi connectivity index (χ0v) is 12.1. The average Bonchev–Trinajstić information content (AvgIpc) is 2.48. The molecule has 22 heavy (non-hydrogen) atoms. The van der Waals surface area contributed by atoms with Gasteiger partial charge in [0.2, 0.25) is 0 Å². The van der Waals surface area contributed by atoms with Crippen molar-refractivity contribution in [2.24, 2.45) is 0 Å². The third-order valence-corrected chi connectivity index (χ3v) is 2.99. The number of hydrogen-bond donors (Lipinski definition) is 1. The lowest BCUT2D eigenvalue weighted by Gasteiger charge is -2.08. The van der Waals surface area contributed by atoms with Crippen LogP contribution in [0.2, 0.25) is 0 Å². The number of pyridine rings is 1. The number of nitro groups is 1. The topological polar surface area (TPSA) is 77.3 Å². The van der Waals surface area contributed by atoms with Crippen molar-refractivity contribution in [1.82, 2.24) is 4.98 Å². The molecule has 0 unspecified atom stereocenters. The van der Waals surface area contributed by atoms with E-state index in [9.17, 15) is 14.5 Å². The molecule has 0 fully saturated rings. The van der Waals surface area contributed by atoms with Gasteiger partial charge in [0.05, 0.1) is 11.5 Å². The summed E-state index contributed by atoms with van der Waals surface area (Å²) >= 11 is 0. The van der Waals surface area contributed by atoms with E-state index in [1.807, 2.05) is 0 Å². The number of hydrogen-bond acceptors (Lipinski definition) is 5. The monoisotopic (exact) mass is 305 g/mol. The summed E-state index contributed by atoms with van der Waals surface area (Å²) in [6.07, 6.45) is 1.96. The Labute approximate surface area is 127 Å². The molecule has 0 radical (unpaired) electrons. The number of ether oxygens (including phenoxy) is 1. The van der Waals surface area contributed by atoms with Gasteiger partial charge in [-0.15, -0.1) is 0 Å². The highest BCUT2D eigenvalue weighted by Crippen LogP contribution is 2.18. The normalized spacial score (nSPS) is 10.3. The summed E-state index contributed by atoms with van der Waals surface area (Å²) in [5.74, 6) is 0.907. The van der Waals surface area contributed by atoms with Gasteiger partial charge >= 0.3 is 0 Å². The van der Waals surface area contributed by atoms with Crippen molar-refractivity contribution in [3.05, 3.63) is 58.0 Å². The van der Waals surface area contributed by atoms with E-state index in [4.69, 9.17) is 4.74 Å². The molecule has 0 aliphatic carbocycles. The van der Waals surface area contributed by atoms with E-state index in [1.54, 1.807) is 25.1 Å². The molecule has 0 saturated heterocycles. The quantitative estimate of drug-likeness (QED) is 0.482. The summed E-state index contributed by atoms with van der Waals surface area (Å²) in [5, 5.41) is 13.8. The van der Waals surface area contributed by atoms with Crippen LogP contribution in [0.1, 0.15) is 12.0 Å². The molecule has 0 amide bonds. The molecule has 116 valence electrons. The smallest absolute Gasteiger partial charge is 0.290 e. The summed E-state index contributed by atoms with van der Waals surface area (Å²) in [7, 11) is 0. The maximum atomic E-state index is 12.7. The number of nitrogens with one attached hydrogen (secondary N) is 1. The molecule has 0 spiro atoms. The fourth-order valence-electron chi connectivity index (χ4n) is 1.85. The summed E-state index contributed by atoms with van der Waals surface area (Å²) in [4.78, 5) is 14.2. The van der Waals surface area contributed by atoms with E-state index in [-0.39, 0.29) is 11.5 Å². The molecule has 1 heterocycles. The number of aryl methyl sites for hydroxylation is 1. The predicted octanol–water partition coefficient (Wildman–Crippen LogP) is 3.32. The van der Waals surface area contributed by atoms with Crippen LogP contribution in [0.3, 0.4) is 0 Å². The number of anilines is 1. The third-order valence-electron chi connectivity index (χ3n) is 2.99. The SMILES string of the molecule is Cc1cc(NCCCOc2ccc(F)cc2)ncc1[N+](=O)[O-]. The van der Waals surface area contributed by atoms with Crippen LogP contribution in [0, 0.1) is 22.9 Å². The van der Waals surface area contributed by atoms with Crippen LogP contribution in [-0.2, 0) is 0 Å². The van der Waals surface area contributed by atoms with Gasteiger partial charge in [-0.05, 0) is 43.7 Å². The average molecular weight is 305 g/mol. The van der Waals surface area contributed by atoms with E-state index >= 15 is 0 Å². The van der Waals surface area contributed by atoms with Crippen molar-refractivity contribution in [3.63, 3.8) is 0 Å². The molecule has 0 aliphatic heterocycles. The zero-order chi connectivity index (χ0) is 15.9. The minimum absolute atomic E-state index is 0.00481. The zero-order valence-electron chi connectivity index (χ0n) is 12.1. The fraction of sp³-hybridized carbons (Fsp3) is 0.267. The highest BCUT2D eigenvalue weighted by molar-refractivity contribution is 5.46. The lowest BCUT2D eigenvalue weighted by atomic mass is 10.2. The largest absolute Gasteiger partial charge is 0.494 e. The van der Waals surface area contributed by atoms with Crippen LogP contribution < -0.4 is 10.1 Å². The van der Waals surface area contributed by atoms with E-state index < -0.39 is 4.92 Å². The molecule has 0 atom stereocenters. The first-order valence-electron chi connectivity index (χ1n) is 6.79. The molecular formula is C15H16FN3O3. The third kappa shape index (κ3) is 4.41. The minimum Gasteiger partial charge on any atom is -0.494 e. The van der Waals surface area contributed by atoms with Crippen LogP contribution in [0.5, 0.6) is 5.75 Å². The van der Waals surface area contributed by atoms with Gasteiger partial charge in [0.1, 0.15) is 23.6 Å². The molecule has 1 N–H and O–H groups in total. The standard InChI is InChI=1S/C15H16FN3O3/c1-11-9-15(18-10-14(11)19(20)21)17-7-2-8-22-13-5-3-12(16)4-6-13/h3-6,9-10H,2,7-8H2,1H3,(H,17,18). The Hall–Kier alpha value is -2.70. The Morgan fingerprint density at radius 3 is 2.73 bits per heavy atom. The van der Waals surface area contributed by atoms with E-state index in [0.29, 0.717) is 30.3 Å². The molecule has 1 aromatic heterocycles. The molecule has 1 aromatic carbocycles. The fourth-order valence-corrected chi connectivity index (χ4v) is 1.85. The number of aromatic nitrogens is 1. The Bertz CT molecular complexity index is 647. The Morgan fingerprint density at radius 1 is 1.36 bits per heavy atom. The number of halogens is 1. The van der Waals surface area contributed by atoms with Gasteiger partial charge in [-0.1, -0.05) is 0 Å². The van der Waals surface area contributed by atoms with Gasteiger partial charge in [0.15, 0.2) is 0 Å². The van der Waals surface area contributed by atoms with E-state index in [1.165, 1.54) is 18.3 Å². The highest BCUT2D eigenvalue weighted by atomic mass is 19.1. The molecule has 0 saturated carbocycles. The van der Waals surface area contributed by atoms with Crippen molar-refractivity contribution in [2.45, 2.75) is 13.3 Å². The number of rotatable bonds is 7. The van der Waals surface area contributed by atoms with E-state index in [0.717, 1.165) is 6.42 Å². The maximum Gasteiger partial charge on any atom is 0.290 e. The summed E-state index contributed by atoms with van der Waals surface area (Å²) in [6, 6.07) is 7.47. The molecule has 7 heteroatoms. The first kappa shape index (κ1) is 15.7. The van der Waals surface area contributed by atoms with Crippen LogP contribution in [0.4, 0.5) is 15.9 Å². The van der Waals surface area contributed by atoms with Crippen LogP contribution >= 0.6 is 0 Å². The molecule has 2 rings (SSSR count). The second-order valence-electron chi connectivity index (χ2n) is 4.70. The first-order valence-corrected chi connectivity index (χ1v) is 6.79. The Morgan fingerprint density at radius 2 is 2.09 bits per heavy atom. The molecule has 6 nitrogen and oxygen atoms in total. The second kappa shape index (κ2) is 7.35. The minimum atomic E-state index is -0.456. The van der Waals surface area contributed by atoms with Crippen LogP contribution in [0.15, 0.2) is 36.5 Å². The van der Waals surface area contributed by atoms with Gasteiger partial charge in [-0.25, -0.2) is 9.37 Å². The van der Waals surface area contributed by atoms with Gasteiger partial charge in [0.25, 0.3) is 5.69 Å². The predicted molar refractivity (Wildman–Crippen MR) is 80.6 cm³/mol. The molecular weight excluding hydrogens is 289 g/mol. The van der Waals surface area contributed by atoms with Gasteiger partial charge in [0, 0.05) is 12.1 Å². The van der Waals surface area contributed by atoms with Crippen molar-refractivity contribution in [2.75, 3.05) is 18.5 Å². The summed E-state index contributed by atoms with van der Waals surface area (Å²) < 4.78 is 18.2. The van der Waals surface area contributed by atoms with Crippen molar-refractivity contribution in [1.29, 1.82) is 0 Å². The van der Waals surface area contributed by atoms with Gasteiger partial charge in [-0.2, -0.15) is 0 Å². The number of benzene rings is 1. The molecule has 2 aromatic rings. The van der Waals surface area contributed by atoms with Crippen LogP contribution in [0.25, 0.3) is 0 Å². The number of nitrogens with zero attached hydrogens (tertiary/aromatic N) is 2. The van der Waals surface area contributed by atoms with Crippen molar-refractivity contribution < 1.29 is 14.1 Å². The van der Waals surface area contributed by atoms with Crippen LogP contribution in [-0.4, -0.2) is 23.1 Å². The first-order chi connectivity index (χ1) is 10.6. The maximum absolute atomic E-state index is 12.7. The Kier molecular flexibility index (Phi) is 5.24. The van der Waals surface area contributed by atoms with E-state index in [2.05, 4.69) is 10.3 Å². The highest BCUT2D eigenvalue weighted by Gasteiger charge is 2.10. The molecule has 0 aliphatic rings. The van der Waals surface area contributed by atoms with Gasteiger partial charge < -0.3 is 10.1 Å². The lowest BCUT2D eigenvalue weighted by Crippen LogP contribution is -2.08.